The van der Waals surface area contributed by atoms with Gasteiger partial charge in [0.15, 0.2) is 0 Å². The molecule has 1 aliphatic carbocycles. The lowest BCUT2D eigenvalue weighted by molar-refractivity contribution is -0.128. The molecule has 0 spiro atoms. The summed E-state index contributed by atoms with van der Waals surface area (Å²) in [6.45, 7) is 1.31. The molecule has 2 N–H and O–H groups in total. The van der Waals surface area contributed by atoms with Crippen LogP contribution in [0.4, 0.5) is 5.69 Å². The quantitative estimate of drug-likeness (QED) is 0.694. The standard InChI is InChI=1S/C18H25BrN2O3/c1-24-12-2-11-20-17(22)13-3-5-14(6-4-13)18(23)21-16-9-7-15(19)8-10-16/h7-10,13-14H,2-6,11-12H2,1H3,(H,20,22)(H,21,23). The van der Waals surface area contributed by atoms with Gasteiger partial charge in [0.1, 0.15) is 0 Å². The molecule has 1 aromatic rings. The van der Waals surface area contributed by atoms with Gasteiger partial charge in [-0.15, -0.1) is 0 Å². The highest BCUT2D eigenvalue weighted by Gasteiger charge is 2.29. The van der Waals surface area contributed by atoms with Crippen LogP contribution in [0.2, 0.25) is 0 Å². The molecule has 0 aliphatic heterocycles. The fourth-order valence-corrected chi connectivity index (χ4v) is 3.23. The molecule has 0 unspecified atom stereocenters. The molecule has 2 amide bonds. The smallest absolute Gasteiger partial charge is 0.227 e. The maximum atomic E-state index is 12.3. The molecule has 1 aliphatic rings. The number of hydrogen-bond donors (Lipinski definition) is 2. The lowest BCUT2D eigenvalue weighted by Crippen LogP contribution is -2.36. The van der Waals surface area contributed by atoms with Crippen molar-refractivity contribution in [2.45, 2.75) is 32.1 Å². The normalized spacial score (nSPS) is 20.4. The summed E-state index contributed by atoms with van der Waals surface area (Å²) in [6, 6.07) is 7.56. The highest BCUT2D eigenvalue weighted by molar-refractivity contribution is 9.10. The zero-order valence-electron chi connectivity index (χ0n) is 14.0. The van der Waals surface area contributed by atoms with Crippen LogP contribution in [0, 0.1) is 11.8 Å². The molecule has 1 fully saturated rings. The zero-order valence-corrected chi connectivity index (χ0v) is 15.6. The molecule has 0 heterocycles. The van der Waals surface area contributed by atoms with Gasteiger partial charge in [-0.25, -0.2) is 0 Å². The topological polar surface area (TPSA) is 67.4 Å². The maximum Gasteiger partial charge on any atom is 0.227 e. The summed E-state index contributed by atoms with van der Waals surface area (Å²) in [5.74, 6) is 0.185. The van der Waals surface area contributed by atoms with E-state index in [1.54, 1.807) is 7.11 Å². The van der Waals surface area contributed by atoms with E-state index < -0.39 is 0 Å². The molecule has 0 bridgehead atoms. The van der Waals surface area contributed by atoms with Gasteiger partial charge < -0.3 is 15.4 Å². The van der Waals surface area contributed by atoms with E-state index in [1.165, 1.54) is 0 Å². The van der Waals surface area contributed by atoms with E-state index in [-0.39, 0.29) is 23.7 Å². The van der Waals surface area contributed by atoms with Crippen molar-refractivity contribution >= 4 is 33.4 Å². The Morgan fingerprint density at radius 3 is 2.25 bits per heavy atom. The summed E-state index contributed by atoms with van der Waals surface area (Å²) in [6.07, 6.45) is 3.90. The molecule has 0 saturated heterocycles. The predicted molar refractivity (Wildman–Crippen MR) is 97.7 cm³/mol. The molecule has 1 saturated carbocycles. The van der Waals surface area contributed by atoms with Crippen LogP contribution in [0.1, 0.15) is 32.1 Å². The summed E-state index contributed by atoms with van der Waals surface area (Å²) < 4.78 is 5.95. The number of anilines is 1. The number of methoxy groups -OCH3 is 1. The Morgan fingerprint density at radius 1 is 1.08 bits per heavy atom. The van der Waals surface area contributed by atoms with Gasteiger partial charge in [0, 0.05) is 42.3 Å². The number of carbonyl (C=O) groups excluding carboxylic acids is 2. The third-order valence-corrected chi connectivity index (χ3v) is 4.93. The van der Waals surface area contributed by atoms with Crippen molar-refractivity contribution < 1.29 is 14.3 Å². The fraction of sp³-hybridized carbons (Fsp3) is 0.556. The van der Waals surface area contributed by atoms with E-state index in [4.69, 9.17) is 4.74 Å². The van der Waals surface area contributed by atoms with E-state index in [0.717, 1.165) is 42.3 Å². The Hall–Kier alpha value is -1.40. The minimum absolute atomic E-state index is 0.00816. The van der Waals surface area contributed by atoms with Crippen molar-refractivity contribution in [3.63, 3.8) is 0 Å². The number of hydrogen-bond acceptors (Lipinski definition) is 3. The van der Waals surface area contributed by atoms with Gasteiger partial charge >= 0.3 is 0 Å². The van der Waals surface area contributed by atoms with Crippen LogP contribution >= 0.6 is 15.9 Å². The van der Waals surface area contributed by atoms with Crippen LogP contribution in [0.25, 0.3) is 0 Å². The number of carbonyl (C=O) groups is 2. The number of halogens is 1. The van der Waals surface area contributed by atoms with Gasteiger partial charge in [-0.1, -0.05) is 15.9 Å². The molecular formula is C18H25BrN2O3. The second-order valence-corrected chi connectivity index (χ2v) is 7.10. The number of amides is 2. The van der Waals surface area contributed by atoms with Crippen LogP contribution in [0.15, 0.2) is 28.7 Å². The number of nitrogens with one attached hydrogen (secondary N) is 2. The van der Waals surface area contributed by atoms with Gasteiger partial charge in [-0.2, -0.15) is 0 Å². The van der Waals surface area contributed by atoms with E-state index >= 15 is 0 Å². The van der Waals surface area contributed by atoms with Crippen LogP contribution < -0.4 is 10.6 Å². The monoisotopic (exact) mass is 396 g/mol. The molecule has 2 rings (SSSR count). The predicted octanol–water partition coefficient (Wildman–Crippen LogP) is 3.35. The van der Waals surface area contributed by atoms with Crippen molar-refractivity contribution in [1.29, 1.82) is 0 Å². The Bertz CT molecular complexity index is 540. The lowest BCUT2D eigenvalue weighted by Gasteiger charge is -2.27. The first-order valence-corrected chi connectivity index (χ1v) is 9.22. The molecule has 0 radical (unpaired) electrons. The number of benzene rings is 1. The van der Waals surface area contributed by atoms with Crippen LogP contribution in [-0.4, -0.2) is 32.1 Å². The van der Waals surface area contributed by atoms with Crippen molar-refractivity contribution in [3.8, 4) is 0 Å². The molecule has 0 aromatic heterocycles. The molecule has 6 heteroatoms. The number of ether oxygens (including phenoxy) is 1. The first-order valence-electron chi connectivity index (χ1n) is 8.43. The third-order valence-electron chi connectivity index (χ3n) is 4.40. The van der Waals surface area contributed by atoms with E-state index in [2.05, 4.69) is 26.6 Å². The first kappa shape index (κ1) is 18.9. The van der Waals surface area contributed by atoms with Gasteiger partial charge in [-0.05, 0) is 56.4 Å². The first-order chi connectivity index (χ1) is 11.6. The Morgan fingerprint density at radius 2 is 1.67 bits per heavy atom. The summed E-state index contributed by atoms with van der Waals surface area (Å²) in [4.78, 5) is 24.4. The van der Waals surface area contributed by atoms with Crippen molar-refractivity contribution in [2.24, 2.45) is 11.8 Å². The van der Waals surface area contributed by atoms with E-state index in [0.29, 0.717) is 13.2 Å². The molecule has 5 nitrogen and oxygen atoms in total. The highest BCUT2D eigenvalue weighted by Crippen LogP contribution is 2.30. The second-order valence-electron chi connectivity index (χ2n) is 6.18. The average molecular weight is 397 g/mol. The molecule has 1 aromatic carbocycles. The Labute approximate surface area is 151 Å². The summed E-state index contributed by atoms with van der Waals surface area (Å²) in [7, 11) is 1.66. The van der Waals surface area contributed by atoms with E-state index in [1.807, 2.05) is 24.3 Å². The summed E-state index contributed by atoms with van der Waals surface area (Å²) >= 11 is 3.38. The second kappa shape index (κ2) is 9.79. The Balaban J connectivity index is 1.72. The highest BCUT2D eigenvalue weighted by atomic mass is 79.9. The van der Waals surface area contributed by atoms with Crippen molar-refractivity contribution in [1.82, 2.24) is 5.32 Å². The fourth-order valence-electron chi connectivity index (χ4n) is 2.97. The zero-order chi connectivity index (χ0) is 17.4. The molecular weight excluding hydrogens is 372 g/mol. The minimum Gasteiger partial charge on any atom is -0.385 e. The van der Waals surface area contributed by atoms with Gasteiger partial charge in [0.2, 0.25) is 11.8 Å². The van der Waals surface area contributed by atoms with Crippen LogP contribution in [0.5, 0.6) is 0 Å². The van der Waals surface area contributed by atoms with Gasteiger partial charge in [0.05, 0.1) is 0 Å². The minimum atomic E-state index is -0.00816. The van der Waals surface area contributed by atoms with Crippen molar-refractivity contribution in [3.05, 3.63) is 28.7 Å². The Kier molecular flexibility index (Phi) is 7.72. The van der Waals surface area contributed by atoms with Crippen LogP contribution in [0.3, 0.4) is 0 Å². The third kappa shape index (κ3) is 5.91. The van der Waals surface area contributed by atoms with Gasteiger partial charge in [0.25, 0.3) is 0 Å². The molecule has 0 atom stereocenters. The van der Waals surface area contributed by atoms with Crippen LogP contribution in [-0.2, 0) is 14.3 Å². The maximum absolute atomic E-state index is 12.3. The average Bonchev–Trinajstić information content (AvgIpc) is 2.60. The number of rotatable bonds is 7. The van der Waals surface area contributed by atoms with E-state index in [9.17, 15) is 9.59 Å². The SMILES string of the molecule is COCCCNC(=O)C1CCC(C(=O)Nc2ccc(Br)cc2)CC1. The van der Waals surface area contributed by atoms with Crippen molar-refractivity contribution in [2.75, 3.05) is 25.6 Å². The lowest BCUT2D eigenvalue weighted by atomic mass is 9.81. The van der Waals surface area contributed by atoms with Gasteiger partial charge in [-0.3, -0.25) is 9.59 Å². The largest absolute Gasteiger partial charge is 0.385 e. The molecule has 132 valence electrons. The summed E-state index contributed by atoms with van der Waals surface area (Å²) in [5, 5.41) is 5.91. The summed E-state index contributed by atoms with van der Waals surface area (Å²) in [5.41, 5.74) is 0.807. The molecule has 24 heavy (non-hydrogen) atoms.